The van der Waals surface area contributed by atoms with Gasteiger partial charge in [0, 0.05) is 13.6 Å². The summed E-state index contributed by atoms with van der Waals surface area (Å²) in [5.41, 5.74) is 1.57. The van der Waals surface area contributed by atoms with Crippen molar-refractivity contribution in [3.8, 4) is 0 Å². The summed E-state index contributed by atoms with van der Waals surface area (Å²) in [5, 5.41) is 9.29. The number of nitrogens with zero attached hydrogens (tertiary/aromatic N) is 1. The van der Waals surface area contributed by atoms with E-state index in [4.69, 9.17) is 0 Å². The second kappa shape index (κ2) is 8.32. The average Bonchev–Trinajstić information content (AvgIpc) is 2.68. The van der Waals surface area contributed by atoms with Crippen molar-refractivity contribution in [1.82, 2.24) is 0 Å². The third kappa shape index (κ3) is 4.91. The van der Waals surface area contributed by atoms with E-state index >= 15 is 0 Å². The number of carboxylic acid groups (broad SMARTS) is 1. The van der Waals surface area contributed by atoms with Gasteiger partial charge < -0.3 is 10.0 Å². The van der Waals surface area contributed by atoms with Crippen LogP contribution in [-0.2, 0) is 16.6 Å². The summed E-state index contributed by atoms with van der Waals surface area (Å²) in [6, 6.07) is 18.2. The Morgan fingerprint density at radius 3 is 2.31 bits per heavy atom. The molecule has 150 valence electrons. The maximum Gasteiger partial charge on any atom is 0.335 e. The first-order valence-electron chi connectivity index (χ1n) is 8.67. The summed E-state index contributed by atoms with van der Waals surface area (Å²) in [7, 11) is -2.26. The summed E-state index contributed by atoms with van der Waals surface area (Å²) in [4.78, 5) is 13.0. The number of carbonyl (C=O) groups is 1. The van der Waals surface area contributed by atoms with Gasteiger partial charge in [-0.25, -0.2) is 17.6 Å². The zero-order valence-electron chi connectivity index (χ0n) is 15.5. The molecular weight excluding hydrogens is 395 g/mol. The number of nitrogens with one attached hydrogen (secondary N) is 1. The molecule has 3 aromatic rings. The summed E-state index contributed by atoms with van der Waals surface area (Å²) < 4.78 is 41.0. The van der Waals surface area contributed by atoms with Gasteiger partial charge in [-0.3, -0.25) is 4.72 Å². The molecule has 0 saturated heterocycles. The second-order valence-corrected chi connectivity index (χ2v) is 8.12. The number of rotatable bonds is 7. The van der Waals surface area contributed by atoms with E-state index in [0.29, 0.717) is 12.2 Å². The van der Waals surface area contributed by atoms with Crippen molar-refractivity contribution in [2.45, 2.75) is 11.4 Å². The van der Waals surface area contributed by atoms with Gasteiger partial charge in [-0.15, -0.1) is 0 Å². The third-order valence-corrected chi connectivity index (χ3v) is 5.67. The zero-order valence-corrected chi connectivity index (χ0v) is 16.4. The van der Waals surface area contributed by atoms with E-state index in [1.165, 1.54) is 12.1 Å². The Morgan fingerprint density at radius 1 is 1.03 bits per heavy atom. The predicted octanol–water partition coefficient (Wildman–Crippen LogP) is 3.96. The minimum atomic E-state index is -4.04. The number of hydrogen-bond acceptors (Lipinski definition) is 4. The van der Waals surface area contributed by atoms with Crippen molar-refractivity contribution in [1.29, 1.82) is 0 Å². The lowest BCUT2D eigenvalue weighted by Crippen LogP contribution is -2.21. The van der Waals surface area contributed by atoms with Gasteiger partial charge in [0.25, 0.3) is 10.0 Å². The molecule has 0 aromatic heterocycles. The van der Waals surface area contributed by atoms with Crippen LogP contribution >= 0.6 is 0 Å². The molecule has 0 aliphatic heterocycles. The van der Waals surface area contributed by atoms with Crippen molar-refractivity contribution in [3.63, 3.8) is 0 Å². The molecule has 3 rings (SSSR count). The maximum atomic E-state index is 13.1. The van der Waals surface area contributed by atoms with Crippen LogP contribution in [0.15, 0.2) is 77.7 Å². The Balaban J connectivity index is 1.97. The quantitative estimate of drug-likeness (QED) is 0.611. The molecule has 0 saturated carbocycles. The third-order valence-electron chi connectivity index (χ3n) is 4.29. The topological polar surface area (TPSA) is 86.7 Å². The molecule has 3 aromatic carbocycles. The highest BCUT2D eigenvalue weighted by Gasteiger charge is 2.19. The highest BCUT2D eigenvalue weighted by atomic mass is 32.2. The zero-order chi connectivity index (χ0) is 21.0. The van der Waals surface area contributed by atoms with Gasteiger partial charge in [-0.05, 0) is 48.0 Å². The molecular formula is C21H19FN2O4S. The molecule has 0 fully saturated rings. The van der Waals surface area contributed by atoms with Gasteiger partial charge in [-0.1, -0.05) is 30.3 Å². The van der Waals surface area contributed by atoms with Crippen molar-refractivity contribution >= 4 is 27.4 Å². The van der Waals surface area contributed by atoms with Crippen LogP contribution in [0.1, 0.15) is 15.9 Å². The maximum absolute atomic E-state index is 13.1. The molecule has 0 bridgehead atoms. The van der Waals surface area contributed by atoms with Crippen molar-refractivity contribution < 1.29 is 22.7 Å². The highest BCUT2D eigenvalue weighted by Crippen LogP contribution is 2.30. The first-order chi connectivity index (χ1) is 13.8. The number of anilines is 2. The smallest absolute Gasteiger partial charge is 0.335 e. The van der Waals surface area contributed by atoms with Gasteiger partial charge in [0.2, 0.25) is 0 Å². The van der Waals surface area contributed by atoms with E-state index in [9.17, 15) is 22.7 Å². The predicted molar refractivity (Wildman–Crippen MR) is 109 cm³/mol. The van der Waals surface area contributed by atoms with E-state index in [1.807, 2.05) is 35.2 Å². The Kier molecular flexibility index (Phi) is 5.84. The minimum absolute atomic E-state index is 0.0568. The van der Waals surface area contributed by atoms with Crippen LogP contribution in [0.2, 0.25) is 0 Å². The van der Waals surface area contributed by atoms with Gasteiger partial charge in [0.1, 0.15) is 5.82 Å². The summed E-state index contributed by atoms with van der Waals surface area (Å²) >= 11 is 0. The lowest BCUT2D eigenvalue weighted by molar-refractivity contribution is 0.0697. The van der Waals surface area contributed by atoms with Gasteiger partial charge in [-0.2, -0.15) is 0 Å². The van der Waals surface area contributed by atoms with Crippen LogP contribution in [0.4, 0.5) is 15.8 Å². The van der Waals surface area contributed by atoms with Crippen LogP contribution in [0.25, 0.3) is 0 Å². The molecule has 0 aliphatic carbocycles. The number of aromatic carboxylic acids is 1. The number of benzene rings is 3. The normalized spacial score (nSPS) is 11.1. The average molecular weight is 414 g/mol. The SMILES string of the molecule is CN(Cc1ccccc1)c1ccc(C(=O)O)cc1NS(=O)(=O)c1ccc(F)cc1. The van der Waals surface area contributed by atoms with Crippen LogP contribution in [0, 0.1) is 5.82 Å². The van der Waals surface area contributed by atoms with Crippen molar-refractivity contribution in [3.05, 3.63) is 89.7 Å². The Morgan fingerprint density at radius 2 is 1.69 bits per heavy atom. The molecule has 2 N–H and O–H groups in total. The molecule has 0 atom stereocenters. The van der Waals surface area contributed by atoms with Gasteiger partial charge in [0.05, 0.1) is 21.8 Å². The molecule has 29 heavy (non-hydrogen) atoms. The summed E-state index contributed by atoms with van der Waals surface area (Å²) in [6.07, 6.45) is 0. The highest BCUT2D eigenvalue weighted by molar-refractivity contribution is 7.92. The first-order valence-corrected chi connectivity index (χ1v) is 10.2. The molecule has 0 heterocycles. The van der Waals surface area contributed by atoms with Crippen LogP contribution in [0.3, 0.4) is 0 Å². The minimum Gasteiger partial charge on any atom is -0.478 e. The number of sulfonamides is 1. The van der Waals surface area contributed by atoms with E-state index in [0.717, 1.165) is 29.8 Å². The van der Waals surface area contributed by atoms with Crippen molar-refractivity contribution in [2.75, 3.05) is 16.7 Å². The molecule has 0 amide bonds. The number of carboxylic acids is 1. The molecule has 0 spiro atoms. The second-order valence-electron chi connectivity index (χ2n) is 6.44. The molecule has 0 radical (unpaired) electrons. The van der Waals surface area contributed by atoms with E-state index in [2.05, 4.69) is 4.72 Å². The van der Waals surface area contributed by atoms with Crippen LogP contribution < -0.4 is 9.62 Å². The summed E-state index contributed by atoms with van der Waals surface area (Å²) in [6.45, 7) is 0.485. The van der Waals surface area contributed by atoms with Gasteiger partial charge >= 0.3 is 5.97 Å². The van der Waals surface area contributed by atoms with Gasteiger partial charge in [0.15, 0.2) is 0 Å². The number of hydrogen-bond donors (Lipinski definition) is 2. The lowest BCUT2D eigenvalue weighted by Gasteiger charge is -2.23. The summed E-state index contributed by atoms with van der Waals surface area (Å²) in [5.74, 6) is -1.73. The van der Waals surface area contributed by atoms with E-state index in [-0.39, 0.29) is 16.1 Å². The molecule has 0 unspecified atom stereocenters. The Labute approximate surface area is 168 Å². The standard InChI is InChI=1S/C21H19FN2O4S/c1-24(14-15-5-3-2-4-6-15)20-12-7-16(21(25)26)13-19(20)23-29(27,28)18-10-8-17(22)9-11-18/h2-13,23H,14H2,1H3,(H,25,26). The van der Waals surface area contributed by atoms with E-state index in [1.54, 1.807) is 13.1 Å². The monoisotopic (exact) mass is 414 g/mol. The Bertz CT molecular complexity index is 1120. The number of halogens is 1. The van der Waals surface area contributed by atoms with Crippen LogP contribution in [0.5, 0.6) is 0 Å². The van der Waals surface area contributed by atoms with E-state index < -0.39 is 21.8 Å². The molecule has 8 heteroatoms. The molecule has 0 aliphatic rings. The fourth-order valence-electron chi connectivity index (χ4n) is 2.84. The molecule has 6 nitrogen and oxygen atoms in total. The fourth-order valence-corrected chi connectivity index (χ4v) is 3.91. The van der Waals surface area contributed by atoms with Crippen LogP contribution in [-0.4, -0.2) is 26.5 Å². The largest absolute Gasteiger partial charge is 0.478 e. The fraction of sp³-hybridized carbons (Fsp3) is 0.0952. The van der Waals surface area contributed by atoms with Crippen molar-refractivity contribution in [2.24, 2.45) is 0 Å². The Hall–Kier alpha value is -3.39. The first kappa shape index (κ1) is 20.3. The lowest BCUT2D eigenvalue weighted by atomic mass is 10.1.